The fraction of sp³-hybridized carbons (Fsp3) is 0.560. The molecule has 0 unspecified atom stereocenters. The second-order valence-corrected chi connectivity index (χ2v) is 10.7. The SMILES string of the molecule is C[C@]12CCC(=O)C=C1CC(=O)[C@H]1[C@@H]3CCC(=O)[C@@]3(CSc3ccccc3)CC[C@@H]12. The summed E-state index contributed by atoms with van der Waals surface area (Å²) in [6.07, 6.45) is 6.93. The maximum absolute atomic E-state index is 13.3. The van der Waals surface area contributed by atoms with Crippen LogP contribution in [-0.2, 0) is 14.4 Å². The summed E-state index contributed by atoms with van der Waals surface area (Å²) in [7, 11) is 0. The molecule has 0 heterocycles. The van der Waals surface area contributed by atoms with E-state index in [9.17, 15) is 14.4 Å². The summed E-state index contributed by atoms with van der Waals surface area (Å²) in [6.45, 7) is 2.28. The number of benzene rings is 1. The lowest BCUT2D eigenvalue weighted by atomic mass is 9.47. The van der Waals surface area contributed by atoms with E-state index in [1.54, 1.807) is 17.8 Å². The summed E-state index contributed by atoms with van der Waals surface area (Å²) in [5, 5.41) is 0. The van der Waals surface area contributed by atoms with E-state index in [-0.39, 0.29) is 40.2 Å². The summed E-state index contributed by atoms with van der Waals surface area (Å²) in [6, 6.07) is 10.3. The minimum absolute atomic E-state index is 0.0121. The molecule has 3 fully saturated rings. The van der Waals surface area contributed by atoms with Gasteiger partial charge in [-0.15, -0.1) is 11.8 Å². The van der Waals surface area contributed by atoms with Gasteiger partial charge in [-0.1, -0.05) is 30.7 Å². The molecule has 0 amide bonds. The quantitative estimate of drug-likeness (QED) is 0.658. The third-order valence-electron chi connectivity index (χ3n) is 8.47. The van der Waals surface area contributed by atoms with Crippen molar-refractivity contribution in [2.24, 2.45) is 28.6 Å². The normalized spacial score (nSPS) is 38.9. The van der Waals surface area contributed by atoms with E-state index < -0.39 is 0 Å². The summed E-state index contributed by atoms with van der Waals surface area (Å²) >= 11 is 1.77. The van der Waals surface area contributed by atoms with Crippen LogP contribution in [0.1, 0.15) is 51.9 Å². The summed E-state index contributed by atoms with van der Waals surface area (Å²) in [5.41, 5.74) is 0.673. The van der Waals surface area contributed by atoms with Crippen LogP contribution in [0.25, 0.3) is 0 Å². The lowest BCUT2D eigenvalue weighted by molar-refractivity contribution is -0.143. The van der Waals surface area contributed by atoms with Crippen LogP contribution >= 0.6 is 11.8 Å². The number of rotatable bonds is 3. The number of ketones is 3. The van der Waals surface area contributed by atoms with Crippen molar-refractivity contribution in [1.29, 1.82) is 0 Å². The van der Waals surface area contributed by atoms with Crippen LogP contribution in [0.15, 0.2) is 46.9 Å². The van der Waals surface area contributed by atoms with Gasteiger partial charge in [-0.25, -0.2) is 0 Å². The zero-order chi connectivity index (χ0) is 20.2. The Morgan fingerprint density at radius 2 is 1.79 bits per heavy atom. The van der Waals surface area contributed by atoms with Crippen molar-refractivity contribution in [3.63, 3.8) is 0 Å². The van der Waals surface area contributed by atoms with E-state index in [1.165, 1.54) is 4.90 Å². The highest BCUT2D eigenvalue weighted by atomic mass is 32.2. The number of thioether (sulfide) groups is 1. The molecule has 0 saturated heterocycles. The Bertz CT molecular complexity index is 904. The van der Waals surface area contributed by atoms with E-state index in [0.717, 1.165) is 37.0 Å². The molecule has 4 aliphatic carbocycles. The van der Waals surface area contributed by atoms with Crippen molar-refractivity contribution in [3.8, 4) is 0 Å². The topological polar surface area (TPSA) is 51.2 Å². The largest absolute Gasteiger partial charge is 0.299 e. The third-order valence-corrected chi connectivity index (χ3v) is 9.73. The molecule has 5 rings (SSSR count). The van der Waals surface area contributed by atoms with E-state index in [2.05, 4.69) is 19.1 Å². The molecule has 0 aliphatic heterocycles. The zero-order valence-electron chi connectivity index (χ0n) is 17.0. The van der Waals surface area contributed by atoms with Crippen molar-refractivity contribution in [2.75, 3.05) is 5.75 Å². The lowest BCUT2D eigenvalue weighted by Gasteiger charge is -2.56. The van der Waals surface area contributed by atoms with Crippen LogP contribution in [0.3, 0.4) is 0 Å². The molecule has 0 aromatic heterocycles. The Morgan fingerprint density at radius 1 is 1.00 bits per heavy atom. The first kappa shape index (κ1) is 19.3. The Balaban J connectivity index is 1.47. The van der Waals surface area contributed by atoms with Gasteiger partial charge in [-0.3, -0.25) is 14.4 Å². The number of carbonyl (C=O) groups is 3. The van der Waals surface area contributed by atoms with Gasteiger partial charge >= 0.3 is 0 Å². The van der Waals surface area contributed by atoms with Gasteiger partial charge < -0.3 is 0 Å². The summed E-state index contributed by atoms with van der Waals surface area (Å²) < 4.78 is 0. The van der Waals surface area contributed by atoms with Crippen molar-refractivity contribution in [3.05, 3.63) is 42.0 Å². The highest BCUT2D eigenvalue weighted by molar-refractivity contribution is 7.99. The maximum atomic E-state index is 13.3. The molecule has 1 aromatic rings. The van der Waals surface area contributed by atoms with Gasteiger partial charge in [0.1, 0.15) is 11.6 Å². The second-order valence-electron chi connectivity index (χ2n) is 9.69. The van der Waals surface area contributed by atoms with Crippen LogP contribution in [0.4, 0.5) is 0 Å². The van der Waals surface area contributed by atoms with E-state index >= 15 is 0 Å². The van der Waals surface area contributed by atoms with Crippen molar-refractivity contribution >= 4 is 29.1 Å². The molecular weight excluding hydrogens is 380 g/mol. The van der Waals surface area contributed by atoms with Crippen molar-refractivity contribution in [1.82, 2.24) is 0 Å². The number of allylic oxidation sites excluding steroid dienone is 1. The molecule has 4 aliphatic rings. The van der Waals surface area contributed by atoms with Gasteiger partial charge in [0.15, 0.2) is 5.78 Å². The fourth-order valence-corrected chi connectivity index (χ4v) is 8.14. The van der Waals surface area contributed by atoms with E-state index in [4.69, 9.17) is 0 Å². The number of carbonyl (C=O) groups excluding carboxylic acids is 3. The van der Waals surface area contributed by atoms with Gasteiger partial charge in [0.2, 0.25) is 0 Å². The highest BCUT2D eigenvalue weighted by Gasteiger charge is 2.63. The molecule has 0 radical (unpaired) electrons. The number of hydrogen-bond donors (Lipinski definition) is 0. The standard InChI is InChI=1S/C25H28O3S/c1-24-11-9-17(26)13-16(24)14-21(27)23-19(24)10-12-25(20(23)7-8-22(25)28)15-29-18-5-3-2-4-6-18/h2-6,13,19-20,23H,7-12,14-15H2,1H3/t19-,20-,23+,24-,25+/m0/s1. The predicted octanol–water partition coefficient (Wildman–Crippen LogP) is 5.04. The van der Waals surface area contributed by atoms with Crippen molar-refractivity contribution < 1.29 is 14.4 Å². The molecular formula is C25H28O3S. The molecule has 0 spiro atoms. The number of hydrogen-bond acceptors (Lipinski definition) is 4. The first-order valence-corrected chi connectivity index (χ1v) is 11.9. The molecule has 0 bridgehead atoms. The average Bonchev–Trinajstić information content (AvgIpc) is 3.05. The van der Waals surface area contributed by atoms with Gasteiger partial charge in [0, 0.05) is 41.2 Å². The second kappa shape index (κ2) is 6.94. The number of fused-ring (bicyclic) bond motifs is 5. The Labute approximate surface area is 176 Å². The molecule has 0 N–H and O–H groups in total. The van der Waals surface area contributed by atoms with Crippen LogP contribution in [0.5, 0.6) is 0 Å². The van der Waals surface area contributed by atoms with E-state index in [0.29, 0.717) is 25.0 Å². The smallest absolute Gasteiger partial charge is 0.155 e. The van der Waals surface area contributed by atoms with Gasteiger partial charge in [-0.05, 0) is 61.1 Å². The van der Waals surface area contributed by atoms with E-state index in [1.807, 2.05) is 18.2 Å². The maximum Gasteiger partial charge on any atom is 0.155 e. The summed E-state index contributed by atoms with van der Waals surface area (Å²) in [5.74, 6) is 2.06. The van der Waals surface area contributed by atoms with Crippen LogP contribution in [0, 0.1) is 28.6 Å². The first-order chi connectivity index (χ1) is 13.9. The highest BCUT2D eigenvalue weighted by Crippen LogP contribution is 2.64. The zero-order valence-corrected chi connectivity index (χ0v) is 17.8. The van der Waals surface area contributed by atoms with Gasteiger partial charge in [0.05, 0.1) is 0 Å². The first-order valence-electron chi connectivity index (χ1n) is 10.9. The molecule has 3 nitrogen and oxygen atoms in total. The summed E-state index contributed by atoms with van der Waals surface area (Å²) in [4.78, 5) is 39.7. The number of Topliss-reactive ketones (excluding diaryl/α,β-unsaturated/α-hetero) is 2. The molecule has 4 heteroatoms. The monoisotopic (exact) mass is 408 g/mol. The van der Waals surface area contributed by atoms with Crippen LogP contribution in [0.2, 0.25) is 0 Å². The van der Waals surface area contributed by atoms with Crippen molar-refractivity contribution in [2.45, 2.75) is 56.8 Å². The Hall–Kier alpha value is -1.68. The third kappa shape index (κ3) is 2.90. The molecule has 3 saturated carbocycles. The Kier molecular flexibility index (Phi) is 4.62. The average molecular weight is 409 g/mol. The van der Waals surface area contributed by atoms with Gasteiger partial charge in [0.25, 0.3) is 0 Å². The van der Waals surface area contributed by atoms with Crippen LogP contribution in [-0.4, -0.2) is 23.1 Å². The minimum atomic E-state index is -0.348. The van der Waals surface area contributed by atoms with Gasteiger partial charge in [-0.2, -0.15) is 0 Å². The lowest BCUT2D eigenvalue weighted by Crippen LogP contribution is -2.55. The minimum Gasteiger partial charge on any atom is -0.299 e. The van der Waals surface area contributed by atoms with Crippen LogP contribution < -0.4 is 0 Å². The predicted molar refractivity (Wildman–Crippen MR) is 114 cm³/mol. The molecule has 29 heavy (non-hydrogen) atoms. The Morgan fingerprint density at radius 3 is 2.59 bits per heavy atom. The molecule has 152 valence electrons. The molecule has 1 aromatic carbocycles. The fourth-order valence-electron chi connectivity index (χ4n) is 6.85. The molecule has 5 atom stereocenters.